The second kappa shape index (κ2) is 13.5. The van der Waals surface area contributed by atoms with Crippen molar-refractivity contribution in [2.45, 2.75) is 58.3 Å². The van der Waals surface area contributed by atoms with Crippen molar-refractivity contribution in [2.75, 3.05) is 6.61 Å². The zero-order chi connectivity index (χ0) is 29.6. The van der Waals surface area contributed by atoms with E-state index in [0.717, 1.165) is 32.3 Å². The van der Waals surface area contributed by atoms with Crippen molar-refractivity contribution in [3.63, 3.8) is 0 Å². The van der Waals surface area contributed by atoms with Crippen LogP contribution in [-0.2, 0) is 42.9 Å². The monoisotopic (exact) mass is 595 g/mol. The Hall–Kier alpha value is -3.88. The molecule has 214 valence electrons. The summed E-state index contributed by atoms with van der Waals surface area (Å²) in [6, 6.07) is 6.79. The van der Waals surface area contributed by atoms with Crippen molar-refractivity contribution >= 4 is 59.8 Å². The van der Waals surface area contributed by atoms with E-state index in [1.807, 2.05) is 0 Å². The Morgan fingerprint density at radius 3 is 2.10 bits per heavy atom. The maximum absolute atomic E-state index is 13.6. The van der Waals surface area contributed by atoms with E-state index in [-0.39, 0.29) is 10.5 Å². The first-order valence-corrected chi connectivity index (χ1v) is 12.6. The lowest BCUT2D eigenvalue weighted by molar-refractivity contribution is -0.269. The van der Waals surface area contributed by atoms with Gasteiger partial charge in [-0.3, -0.25) is 33.6 Å². The van der Waals surface area contributed by atoms with Crippen LogP contribution in [0.1, 0.15) is 45.2 Å². The molecule has 13 nitrogen and oxygen atoms in total. The molecular weight excluding hydrogens is 570 g/mol. The normalized spacial score (nSPS) is 22.4. The van der Waals surface area contributed by atoms with E-state index < -0.39 is 66.7 Å². The molecule has 0 aliphatic carbocycles. The molecule has 0 amide bonds. The third kappa shape index (κ3) is 7.83. The molecule has 1 aliphatic heterocycles. The fourth-order valence-corrected chi connectivity index (χ4v) is 4.29. The Balaban J connectivity index is 2.15. The van der Waals surface area contributed by atoms with Crippen LogP contribution < -0.4 is 5.56 Å². The molecular formula is C25H26ClN3O10S. The summed E-state index contributed by atoms with van der Waals surface area (Å²) in [6.45, 7) is 3.96. The maximum Gasteiger partial charge on any atom is 0.303 e. The van der Waals surface area contributed by atoms with E-state index in [1.165, 1.54) is 6.08 Å². The van der Waals surface area contributed by atoms with E-state index in [0.29, 0.717) is 10.6 Å². The largest absolute Gasteiger partial charge is 0.463 e. The van der Waals surface area contributed by atoms with Crippen molar-refractivity contribution in [1.82, 2.24) is 14.8 Å². The van der Waals surface area contributed by atoms with Gasteiger partial charge in [0.05, 0.1) is 0 Å². The number of aromatic nitrogens is 3. The van der Waals surface area contributed by atoms with Crippen LogP contribution in [0.2, 0.25) is 5.02 Å². The first-order valence-electron chi connectivity index (χ1n) is 11.8. The van der Waals surface area contributed by atoms with Gasteiger partial charge in [0.25, 0.3) is 5.56 Å². The Morgan fingerprint density at radius 1 is 0.950 bits per heavy atom. The van der Waals surface area contributed by atoms with Gasteiger partial charge in [-0.2, -0.15) is 5.10 Å². The standard InChI is InChI=1S/C25H26ClN3O10S/c1-12(30)35-11-19-20(36-13(2)31)21(37-14(3)32)22(38-15(4)33)24(39-19)29-23(34)18(27-28-25(29)40)10-7-16-5-8-17(26)9-6-16/h5-10,19-22,24H,11H2,1-4H3,(H,28,40)/b10-7+/t19-,20-,21+,22-,24-/m1/s1. The Bertz CT molecular complexity index is 1420. The van der Waals surface area contributed by atoms with E-state index in [9.17, 15) is 24.0 Å². The molecule has 3 rings (SSSR count). The number of esters is 4. The number of hydrogen-bond donors (Lipinski definition) is 1. The maximum atomic E-state index is 13.6. The van der Waals surface area contributed by atoms with Gasteiger partial charge in [-0.15, -0.1) is 0 Å². The summed E-state index contributed by atoms with van der Waals surface area (Å²) in [4.78, 5) is 61.3. The van der Waals surface area contributed by atoms with E-state index in [4.69, 9.17) is 47.5 Å². The van der Waals surface area contributed by atoms with E-state index in [1.54, 1.807) is 30.3 Å². The minimum absolute atomic E-state index is 0.101. The fraction of sp³-hybridized carbons (Fsp3) is 0.400. The van der Waals surface area contributed by atoms with Gasteiger partial charge in [0, 0.05) is 32.7 Å². The SMILES string of the molecule is CC(=O)OC[C@H]1O[C@@H](n2c(=S)[nH]nc(/C=C/c3ccc(Cl)cc3)c2=O)[C@H](OC(C)=O)[C@@H](OC(C)=O)[C@@H]1OC(C)=O. The first kappa shape index (κ1) is 30.7. The van der Waals surface area contributed by atoms with Crippen molar-refractivity contribution in [3.8, 4) is 0 Å². The van der Waals surface area contributed by atoms with Crippen LogP contribution in [0.15, 0.2) is 29.1 Å². The summed E-state index contributed by atoms with van der Waals surface area (Å²) in [5.41, 5.74) is -0.141. The average molecular weight is 596 g/mol. The van der Waals surface area contributed by atoms with Crippen molar-refractivity contribution in [3.05, 3.63) is 55.7 Å². The van der Waals surface area contributed by atoms with Crippen LogP contribution in [0, 0.1) is 4.77 Å². The predicted octanol–water partition coefficient (Wildman–Crippen LogP) is 2.38. The molecule has 0 bridgehead atoms. The van der Waals surface area contributed by atoms with Crippen LogP contribution in [0.4, 0.5) is 0 Å². The summed E-state index contributed by atoms with van der Waals surface area (Å²) < 4.78 is 28.0. The summed E-state index contributed by atoms with van der Waals surface area (Å²) >= 11 is 11.2. The van der Waals surface area contributed by atoms with E-state index in [2.05, 4.69) is 10.2 Å². The number of rotatable bonds is 8. The van der Waals surface area contributed by atoms with Crippen LogP contribution in [0.5, 0.6) is 0 Å². The second-order valence-electron chi connectivity index (χ2n) is 8.56. The molecule has 1 N–H and O–H groups in total. The number of nitrogens with zero attached hydrogens (tertiary/aromatic N) is 2. The van der Waals surface area contributed by atoms with Crippen LogP contribution in [-0.4, -0.2) is 69.7 Å². The smallest absolute Gasteiger partial charge is 0.303 e. The third-order valence-corrected chi connectivity index (χ3v) is 5.99. The number of hydrogen-bond acceptors (Lipinski definition) is 12. The molecule has 1 fully saturated rings. The highest BCUT2D eigenvalue weighted by Crippen LogP contribution is 2.34. The zero-order valence-electron chi connectivity index (χ0n) is 21.8. The number of carbonyl (C=O) groups is 4. The molecule has 1 aromatic heterocycles. The number of H-pyrrole nitrogens is 1. The highest BCUT2D eigenvalue weighted by Gasteiger charge is 2.53. The molecule has 1 aliphatic rings. The predicted molar refractivity (Wildman–Crippen MR) is 141 cm³/mol. The first-order chi connectivity index (χ1) is 18.9. The molecule has 5 atom stereocenters. The summed E-state index contributed by atoms with van der Waals surface area (Å²) in [6.07, 6.45) is -4.16. The fourth-order valence-electron chi connectivity index (χ4n) is 3.93. The molecule has 0 radical (unpaired) electrons. The summed E-state index contributed by atoms with van der Waals surface area (Å²) in [5.74, 6) is -3.10. The Labute approximate surface area is 238 Å². The van der Waals surface area contributed by atoms with Gasteiger partial charge >= 0.3 is 23.9 Å². The average Bonchev–Trinajstić information content (AvgIpc) is 2.86. The Kier molecular flexibility index (Phi) is 10.3. The lowest BCUT2D eigenvalue weighted by Gasteiger charge is -2.44. The van der Waals surface area contributed by atoms with Gasteiger partial charge in [0.2, 0.25) is 0 Å². The minimum atomic E-state index is -1.53. The van der Waals surface area contributed by atoms with Gasteiger partial charge < -0.3 is 23.7 Å². The third-order valence-electron chi connectivity index (χ3n) is 5.45. The van der Waals surface area contributed by atoms with Crippen LogP contribution >= 0.6 is 23.8 Å². The number of nitrogens with one attached hydrogen (secondary N) is 1. The number of benzene rings is 1. The van der Waals surface area contributed by atoms with Crippen molar-refractivity contribution in [2.24, 2.45) is 0 Å². The molecule has 0 saturated carbocycles. The van der Waals surface area contributed by atoms with Crippen molar-refractivity contribution in [1.29, 1.82) is 0 Å². The lowest BCUT2D eigenvalue weighted by Crippen LogP contribution is -2.61. The number of ether oxygens (including phenoxy) is 5. The number of aromatic amines is 1. The molecule has 15 heteroatoms. The van der Waals surface area contributed by atoms with Crippen LogP contribution in [0.3, 0.4) is 0 Å². The molecule has 2 heterocycles. The van der Waals surface area contributed by atoms with Gasteiger partial charge in [-0.25, -0.2) is 0 Å². The topological polar surface area (TPSA) is 165 Å². The zero-order valence-corrected chi connectivity index (χ0v) is 23.4. The summed E-state index contributed by atoms with van der Waals surface area (Å²) in [7, 11) is 0. The second-order valence-corrected chi connectivity index (χ2v) is 9.39. The molecule has 0 spiro atoms. The molecule has 2 aromatic rings. The van der Waals surface area contributed by atoms with Gasteiger partial charge in [-0.1, -0.05) is 29.8 Å². The molecule has 1 aromatic carbocycles. The molecule has 0 unspecified atom stereocenters. The Morgan fingerprint density at radius 2 is 1.52 bits per heavy atom. The van der Waals surface area contributed by atoms with Crippen molar-refractivity contribution < 1.29 is 42.9 Å². The van der Waals surface area contributed by atoms with Gasteiger partial charge in [-0.05, 0) is 36.0 Å². The lowest BCUT2D eigenvalue weighted by atomic mass is 9.97. The quantitative estimate of drug-likeness (QED) is 0.269. The van der Waals surface area contributed by atoms with Gasteiger partial charge in [0.15, 0.2) is 29.3 Å². The number of halogens is 1. The molecule has 1 saturated heterocycles. The molecule has 40 heavy (non-hydrogen) atoms. The number of carbonyl (C=O) groups excluding carboxylic acids is 4. The minimum Gasteiger partial charge on any atom is -0.463 e. The van der Waals surface area contributed by atoms with Gasteiger partial charge in [0.1, 0.15) is 18.4 Å². The highest BCUT2D eigenvalue weighted by molar-refractivity contribution is 7.71. The highest BCUT2D eigenvalue weighted by atomic mass is 35.5. The summed E-state index contributed by atoms with van der Waals surface area (Å²) in [5, 5.41) is 7.07. The van der Waals surface area contributed by atoms with E-state index >= 15 is 0 Å². The van der Waals surface area contributed by atoms with Crippen LogP contribution in [0.25, 0.3) is 12.2 Å².